The van der Waals surface area contributed by atoms with Gasteiger partial charge < -0.3 is 9.47 Å². The van der Waals surface area contributed by atoms with Crippen molar-refractivity contribution in [2.24, 2.45) is 0 Å². The van der Waals surface area contributed by atoms with Crippen molar-refractivity contribution in [3.05, 3.63) is 28.8 Å². The van der Waals surface area contributed by atoms with Crippen LogP contribution in [-0.4, -0.2) is 20.3 Å². The number of fused-ring (bicyclic) bond motifs is 2. The van der Waals surface area contributed by atoms with Crippen LogP contribution in [0.1, 0.15) is 29.5 Å². The summed E-state index contributed by atoms with van der Waals surface area (Å²) in [5.74, 6) is 1.06. The van der Waals surface area contributed by atoms with E-state index in [1.54, 1.807) is 7.11 Å². The van der Waals surface area contributed by atoms with Crippen LogP contribution in [0, 0.1) is 6.92 Å². The smallest absolute Gasteiger partial charge is 0.122 e. The molecule has 1 aliphatic heterocycles. The van der Waals surface area contributed by atoms with Gasteiger partial charge in [0.25, 0.3) is 0 Å². The fourth-order valence-corrected chi connectivity index (χ4v) is 3.41. The van der Waals surface area contributed by atoms with Crippen molar-refractivity contribution in [2.75, 3.05) is 20.3 Å². The molecule has 86 valence electrons. The first-order valence-electron chi connectivity index (χ1n) is 6.01. The van der Waals surface area contributed by atoms with Gasteiger partial charge in [0.05, 0.1) is 13.7 Å². The van der Waals surface area contributed by atoms with Gasteiger partial charge in [-0.05, 0) is 48.9 Å². The van der Waals surface area contributed by atoms with E-state index < -0.39 is 0 Å². The van der Waals surface area contributed by atoms with Gasteiger partial charge in [0.2, 0.25) is 0 Å². The lowest BCUT2D eigenvalue weighted by Gasteiger charge is -2.24. The molecule has 1 fully saturated rings. The Bertz CT molecular complexity index is 417. The monoisotopic (exact) mass is 218 g/mol. The highest BCUT2D eigenvalue weighted by Gasteiger charge is 2.43. The SMILES string of the molecule is COc1ccc(C)c2c1CCC21CCOC1. The van der Waals surface area contributed by atoms with Gasteiger partial charge in [-0.3, -0.25) is 0 Å². The summed E-state index contributed by atoms with van der Waals surface area (Å²) in [6.07, 6.45) is 3.54. The predicted octanol–water partition coefficient (Wildman–Crippen LogP) is 2.61. The summed E-state index contributed by atoms with van der Waals surface area (Å²) in [5, 5.41) is 0. The van der Waals surface area contributed by atoms with Crippen molar-refractivity contribution < 1.29 is 9.47 Å². The van der Waals surface area contributed by atoms with Crippen LogP contribution < -0.4 is 4.74 Å². The van der Waals surface area contributed by atoms with Crippen molar-refractivity contribution in [1.82, 2.24) is 0 Å². The summed E-state index contributed by atoms with van der Waals surface area (Å²) in [7, 11) is 1.76. The Kier molecular flexibility index (Phi) is 2.21. The summed E-state index contributed by atoms with van der Waals surface area (Å²) in [5.41, 5.74) is 4.64. The van der Waals surface area contributed by atoms with Gasteiger partial charge in [0.15, 0.2) is 0 Å². The fraction of sp³-hybridized carbons (Fsp3) is 0.571. The minimum absolute atomic E-state index is 0.300. The van der Waals surface area contributed by atoms with E-state index in [4.69, 9.17) is 9.47 Å². The molecule has 1 spiro atoms. The van der Waals surface area contributed by atoms with E-state index >= 15 is 0 Å². The lowest BCUT2D eigenvalue weighted by atomic mass is 9.79. The first-order chi connectivity index (χ1) is 7.77. The highest BCUT2D eigenvalue weighted by Crippen LogP contribution is 2.48. The average Bonchev–Trinajstić information content (AvgIpc) is 2.90. The summed E-state index contributed by atoms with van der Waals surface area (Å²) >= 11 is 0. The average molecular weight is 218 g/mol. The molecule has 1 heterocycles. The van der Waals surface area contributed by atoms with Crippen LogP contribution in [0.2, 0.25) is 0 Å². The maximum Gasteiger partial charge on any atom is 0.122 e. The molecule has 2 aliphatic rings. The summed E-state index contributed by atoms with van der Waals surface area (Å²) < 4.78 is 11.1. The van der Waals surface area contributed by atoms with E-state index in [0.29, 0.717) is 5.41 Å². The molecule has 0 N–H and O–H groups in total. The Morgan fingerprint density at radius 3 is 2.88 bits per heavy atom. The maximum atomic E-state index is 5.63. The Morgan fingerprint density at radius 1 is 1.31 bits per heavy atom. The van der Waals surface area contributed by atoms with Crippen LogP contribution >= 0.6 is 0 Å². The molecule has 2 heteroatoms. The molecule has 16 heavy (non-hydrogen) atoms. The summed E-state index contributed by atoms with van der Waals surface area (Å²) in [6, 6.07) is 4.28. The van der Waals surface area contributed by atoms with Gasteiger partial charge in [-0.25, -0.2) is 0 Å². The predicted molar refractivity (Wildman–Crippen MR) is 63.2 cm³/mol. The minimum atomic E-state index is 0.300. The second-order valence-corrected chi connectivity index (χ2v) is 5.02. The molecule has 3 rings (SSSR count). The third-order valence-electron chi connectivity index (χ3n) is 4.19. The zero-order valence-corrected chi connectivity index (χ0v) is 10.0. The Hall–Kier alpha value is -1.02. The molecule has 1 aromatic carbocycles. The van der Waals surface area contributed by atoms with Crippen LogP contribution in [0.25, 0.3) is 0 Å². The molecule has 0 aromatic heterocycles. The first kappa shape index (κ1) is 10.2. The number of ether oxygens (including phenoxy) is 2. The lowest BCUT2D eigenvalue weighted by molar-refractivity contribution is 0.177. The first-order valence-corrected chi connectivity index (χ1v) is 6.01. The van der Waals surface area contributed by atoms with Gasteiger partial charge in [-0.2, -0.15) is 0 Å². The highest BCUT2D eigenvalue weighted by atomic mass is 16.5. The van der Waals surface area contributed by atoms with E-state index in [2.05, 4.69) is 19.1 Å². The Labute approximate surface area is 96.6 Å². The van der Waals surface area contributed by atoms with Crippen LogP contribution in [0.15, 0.2) is 12.1 Å². The number of methoxy groups -OCH3 is 1. The quantitative estimate of drug-likeness (QED) is 0.721. The van der Waals surface area contributed by atoms with Gasteiger partial charge in [0.1, 0.15) is 5.75 Å². The Balaban J connectivity index is 2.17. The fourth-order valence-electron chi connectivity index (χ4n) is 3.41. The lowest BCUT2D eigenvalue weighted by Crippen LogP contribution is -2.23. The Morgan fingerprint density at radius 2 is 2.19 bits per heavy atom. The minimum Gasteiger partial charge on any atom is -0.496 e. The second kappa shape index (κ2) is 3.49. The van der Waals surface area contributed by atoms with Crippen molar-refractivity contribution in [2.45, 2.75) is 31.6 Å². The van der Waals surface area contributed by atoms with Crippen molar-refractivity contribution >= 4 is 0 Å². The van der Waals surface area contributed by atoms with Gasteiger partial charge in [-0.15, -0.1) is 0 Å². The molecular weight excluding hydrogens is 200 g/mol. The zero-order valence-electron chi connectivity index (χ0n) is 10.0. The molecule has 1 saturated heterocycles. The molecule has 1 atom stereocenters. The number of aryl methyl sites for hydroxylation is 1. The van der Waals surface area contributed by atoms with Crippen LogP contribution in [0.3, 0.4) is 0 Å². The molecular formula is C14H18O2. The number of benzene rings is 1. The number of hydrogen-bond donors (Lipinski definition) is 0. The molecule has 1 aliphatic carbocycles. The number of hydrogen-bond acceptors (Lipinski definition) is 2. The molecule has 0 amide bonds. The van der Waals surface area contributed by atoms with Gasteiger partial charge >= 0.3 is 0 Å². The molecule has 2 nitrogen and oxygen atoms in total. The van der Waals surface area contributed by atoms with Gasteiger partial charge in [-0.1, -0.05) is 6.07 Å². The third-order valence-corrected chi connectivity index (χ3v) is 4.19. The van der Waals surface area contributed by atoms with E-state index in [0.717, 1.165) is 25.4 Å². The second-order valence-electron chi connectivity index (χ2n) is 5.02. The van der Waals surface area contributed by atoms with Crippen molar-refractivity contribution in [1.29, 1.82) is 0 Å². The largest absolute Gasteiger partial charge is 0.496 e. The molecule has 1 aromatic rings. The van der Waals surface area contributed by atoms with Crippen LogP contribution in [0.5, 0.6) is 5.75 Å². The molecule has 0 saturated carbocycles. The van der Waals surface area contributed by atoms with Gasteiger partial charge in [0, 0.05) is 12.0 Å². The summed E-state index contributed by atoms with van der Waals surface area (Å²) in [6.45, 7) is 4.02. The van der Waals surface area contributed by atoms with Crippen LogP contribution in [0.4, 0.5) is 0 Å². The van der Waals surface area contributed by atoms with E-state index in [-0.39, 0.29) is 0 Å². The normalized spacial score (nSPS) is 27.4. The highest BCUT2D eigenvalue weighted by molar-refractivity contribution is 5.52. The number of rotatable bonds is 1. The third kappa shape index (κ3) is 1.23. The molecule has 0 radical (unpaired) electrons. The maximum absolute atomic E-state index is 5.63. The standard InChI is InChI=1S/C14H18O2/c1-10-3-4-12(15-2)11-5-6-14(13(10)11)7-8-16-9-14/h3-4H,5-9H2,1-2H3. The van der Waals surface area contributed by atoms with E-state index in [1.807, 2.05) is 0 Å². The molecule has 1 unspecified atom stereocenters. The van der Waals surface area contributed by atoms with Crippen molar-refractivity contribution in [3.63, 3.8) is 0 Å². The van der Waals surface area contributed by atoms with E-state index in [1.165, 1.54) is 29.5 Å². The molecule has 0 bridgehead atoms. The van der Waals surface area contributed by atoms with Crippen molar-refractivity contribution in [3.8, 4) is 5.75 Å². The summed E-state index contributed by atoms with van der Waals surface area (Å²) in [4.78, 5) is 0. The zero-order chi connectivity index (χ0) is 11.2. The van der Waals surface area contributed by atoms with Crippen LogP contribution in [-0.2, 0) is 16.6 Å². The van der Waals surface area contributed by atoms with E-state index in [9.17, 15) is 0 Å². The topological polar surface area (TPSA) is 18.5 Å².